The van der Waals surface area contributed by atoms with E-state index in [1.165, 1.54) is 4.88 Å². The molecular formula is C14H13BrN4S. The van der Waals surface area contributed by atoms with E-state index in [-0.39, 0.29) is 0 Å². The molecule has 1 aromatic carbocycles. The molecule has 0 radical (unpaired) electrons. The van der Waals surface area contributed by atoms with Gasteiger partial charge in [-0.15, -0.1) is 11.3 Å². The number of para-hydroxylation sites is 1. The highest BCUT2D eigenvalue weighted by molar-refractivity contribution is 9.10. The van der Waals surface area contributed by atoms with Gasteiger partial charge in [-0.05, 0) is 46.4 Å². The van der Waals surface area contributed by atoms with Crippen molar-refractivity contribution < 1.29 is 0 Å². The van der Waals surface area contributed by atoms with Crippen LogP contribution < -0.4 is 5.32 Å². The van der Waals surface area contributed by atoms with Gasteiger partial charge in [0.15, 0.2) is 5.82 Å². The summed E-state index contributed by atoms with van der Waals surface area (Å²) in [6.07, 6.45) is 0. The monoisotopic (exact) mass is 348 g/mol. The van der Waals surface area contributed by atoms with E-state index >= 15 is 0 Å². The zero-order valence-corrected chi connectivity index (χ0v) is 13.3. The SMILES string of the molecule is Cc1nc(-c2ccccc2NCc2sccc2Br)n[nH]1. The number of aromatic amines is 1. The Morgan fingerprint density at radius 3 is 2.85 bits per heavy atom. The second kappa shape index (κ2) is 5.76. The first-order valence-electron chi connectivity index (χ1n) is 6.18. The summed E-state index contributed by atoms with van der Waals surface area (Å²) >= 11 is 5.28. The number of rotatable bonds is 4. The molecule has 0 unspecified atom stereocenters. The molecule has 0 aliphatic carbocycles. The third kappa shape index (κ3) is 2.76. The van der Waals surface area contributed by atoms with Crippen LogP contribution >= 0.6 is 27.3 Å². The number of nitrogens with zero attached hydrogens (tertiary/aromatic N) is 2. The van der Waals surface area contributed by atoms with E-state index in [0.717, 1.165) is 33.9 Å². The quantitative estimate of drug-likeness (QED) is 0.742. The molecule has 0 atom stereocenters. The summed E-state index contributed by atoms with van der Waals surface area (Å²) in [4.78, 5) is 5.66. The van der Waals surface area contributed by atoms with Gasteiger partial charge in [-0.3, -0.25) is 5.10 Å². The Bertz CT molecular complexity index is 719. The molecule has 2 N–H and O–H groups in total. The van der Waals surface area contributed by atoms with Gasteiger partial charge in [0, 0.05) is 20.6 Å². The van der Waals surface area contributed by atoms with E-state index in [0.29, 0.717) is 0 Å². The number of benzene rings is 1. The number of aromatic nitrogens is 3. The summed E-state index contributed by atoms with van der Waals surface area (Å²) in [5.41, 5.74) is 2.04. The summed E-state index contributed by atoms with van der Waals surface area (Å²) in [5.74, 6) is 1.53. The van der Waals surface area contributed by atoms with E-state index < -0.39 is 0 Å². The minimum absolute atomic E-state index is 0.718. The lowest BCUT2D eigenvalue weighted by atomic mass is 10.1. The third-order valence-electron chi connectivity index (χ3n) is 2.90. The molecule has 20 heavy (non-hydrogen) atoms. The molecule has 4 nitrogen and oxygen atoms in total. The number of nitrogens with one attached hydrogen (secondary N) is 2. The molecule has 6 heteroatoms. The maximum absolute atomic E-state index is 4.39. The van der Waals surface area contributed by atoms with E-state index in [9.17, 15) is 0 Å². The van der Waals surface area contributed by atoms with Gasteiger partial charge >= 0.3 is 0 Å². The predicted octanol–water partition coefficient (Wildman–Crippen LogP) is 4.22. The number of hydrogen-bond donors (Lipinski definition) is 2. The van der Waals surface area contributed by atoms with Gasteiger partial charge in [0.25, 0.3) is 0 Å². The highest BCUT2D eigenvalue weighted by Gasteiger charge is 2.09. The highest BCUT2D eigenvalue weighted by atomic mass is 79.9. The van der Waals surface area contributed by atoms with Crippen molar-refractivity contribution in [3.05, 3.63) is 50.9 Å². The molecule has 2 aromatic heterocycles. The molecule has 0 amide bonds. The van der Waals surface area contributed by atoms with Crippen molar-refractivity contribution in [2.75, 3.05) is 5.32 Å². The lowest BCUT2D eigenvalue weighted by molar-refractivity contribution is 1.04. The fourth-order valence-corrected chi connectivity index (χ4v) is 3.35. The van der Waals surface area contributed by atoms with Gasteiger partial charge in [0.05, 0.1) is 6.54 Å². The average molecular weight is 349 g/mol. The maximum atomic E-state index is 4.39. The van der Waals surface area contributed by atoms with Crippen LogP contribution in [0, 0.1) is 6.92 Å². The fourth-order valence-electron chi connectivity index (χ4n) is 1.92. The molecule has 0 aliphatic heterocycles. The van der Waals surface area contributed by atoms with E-state index in [1.807, 2.05) is 31.2 Å². The van der Waals surface area contributed by atoms with Gasteiger partial charge < -0.3 is 5.32 Å². The van der Waals surface area contributed by atoms with Gasteiger partial charge in [-0.25, -0.2) is 4.98 Å². The molecule has 3 rings (SSSR count). The average Bonchev–Trinajstić information content (AvgIpc) is 3.06. The van der Waals surface area contributed by atoms with Gasteiger partial charge in [0.2, 0.25) is 0 Å². The van der Waals surface area contributed by atoms with Crippen LogP contribution in [0.25, 0.3) is 11.4 Å². The number of thiophene rings is 1. The first-order chi connectivity index (χ1) is 9.74. The minimum Gasteiger partial charge on any atom is -0.380 e. The van der Waals surface area contributed by atoms with Crippen LogP contribution in [0.15, 0.2) is 40.2 Å². The summed E-state index contributed by atoms with van der Waals surface area (Å²) in [6, 6.07) is 10.1. The molecule has 0 saturated carbocycles. The second-order valence-electron chi connectivity index (χ2n) is 4.34. The molecule has 0 saturated heterocycles. The number of hydrogen-bond acceptors (Lipinski definition) is 4. The predicted molar refractivity (Wildman–Crippen MR) is 85.9 cm³/mol. The Labute approximate surface area is 129 Å². The summed E-state index contributed by atoms with van der Waals surface area (Å²) in [6.45, 7) is 2.67. The summed E-state index contributed by atoms with van der Waals surface area (Å²) < 4.78 is 1.14. The van der Waals surface area contributed by atoms with Gasteiger partial charge in [-0.2, -0.15) is 5.10 Å². The van der Waals surface area contributed by atoms with Gasteiger partial charge in [-0.1, -0.05) is 12.1 Å². The largest absolute Gasteiger partial charge is 0.380 e. The Morgan fingerprint density at radius 2 is 2.15 bits per heavy atom. The van der Waals surface area contributed by atoms with Crippen molar-refractivity contribution in [2.45, 2.75) is 13.5 Å². The molecule has 0 bridgehead atoms. The standard InChI is InChI=1S/C14H13BrN4S/c1-9-17-14(19-18-9)10-4-2-3-5-12(10)16-8-13-11(15)6-7-20-13/h2-7,16H,8H2,1H3,(H,17,18,19). The summed E-state index contributed by atoms with van der Waals surface area (Å²) in [7, 11) is 0. The van der Waals surface area contributed by atoms with Crippen LogP contribution in [-0.4, -0.2) is 15.2 Å². The Hall–Kier alpha value is -1.66. The Morgan fingerprint density at radius 1 is 1.30 bits per heavy atom. The second-order valence-corrected chi connectivity index (χ2v) is 6.19. The first-order valence-corrected chi connectivity index (χ1v) is 7.85. The maximum Gasteiger partial charge on any atom is 0.183 e. The topological polar surface area (TPSA) is 53.6 Å². The number of anilines is 1. The third-order valence-corrected chi connectivity index (χ3v) is 4.82. The molecule has 102 valence electrons. The van der Waals surface area contributed by atoms with Gasteiger partial charge in [0.1, 0.15) is 5.82 Å². The van der Waals surface area contributed by atoms with Crippen LogP contribution in [0.2, 0.25) is 0 Å². The molecule has 0 aliphatic rings. The van der Waals surface area contributed by atoms with Crippen LogP contribution in [0.5, 0.6) is 0 Å². The van der Waals surface area contributed by atoms with Crippen molar-refractivity contribution in [3.8, 4) is 11.4 Å². The normalized spacial score (nSPS) is 10.7. The zero-order chi connectivity index (χ0) is 13.9. The summed E-state index contributed by atoms with van der Waals surface area (Å²) in [5, 5.41) is 12.6. The molecule has 3 aromatic rings. The van der Waals surface area contributed by atoms with Crippen molar-refractivity contribution in [1.29, 1.82) is 0 Å². The van der Waals surface area contributed by atoms with Crippen LogP contribution in [-0.2, 0) is 6.54 Å². The Kier molecular flexibility index (Phi) is 3.84. The van der Waals surface area contributed by atoms with E-state index in [4.69, 9.17) is 0 Å². The lowest BCUT2D eigenvalue weighted by Crippen LogP contribution is -2.00. The first kappa shape index (κ1) is 13.3. The fraction of sp³-hybridized carbons (Fsp3) is 0.143. The minimum atomic E-state index is 0.718. The lowest BCUT2D eigenvalue weighted by Gasteiger charge is -2.09. The van der Waals surface area contributed by atoms with Crippen molar-refractivity contribution >= 4 is 33.0 Å². The Balaban J connectivity index is 1.85. The number of halogens is 1. The zero-order valence-electron chi connectivity index (χ0n) is 10.9. The smallest absolute Gasteiger partial charge is 0.183 e. The van der Waals surface area contributed by atoms with E-state index in [2.05, 4.69) is 47.9 Å². The molecule has 0 spiro atoms. The van der Waals surface area contributed by atoms with Crippen molar-refractivity contribution in [3.63, 3.8) is 0 Å². The molecule has 0 fully saturated rings. The number of aryl methyl sites for hydroxylation is 1. The number of H-pyrrole nitrogens is 1. The van der Waals surface area contributed by atoms with Crippen molar-refractivity contribution in [2.24, 2.45) is 0 Å². The van der Waals surface area contributed by atoms with E-state index in [1.54, 1.807) is 11.3 Å². The van der Waals surface area contributed by atoms with Crippen LogP contribution in [0.3, 0.4) is 0 Å². The van der Waals surface area contributed by atoms with Crippen LogP contribution in [0.4, 0.5) is 5.69 Å². The molecular weight excluding hydrogens is 336 g/mol. The highest BCUT2D eigenvalue weighted by Crippen LogP contribution is 2.28. The molecule has 2 heterocycles. The van der Waals surface area contributed by atoms with Crippen LogP contribution in [0.1, 0.15) is 10.7 Å². The van der Waals surface area contributed by atoms with Crippen molar-refractivity contribution in [1.82, 2.24) is 15.2 Å².